The highest BCUT2D eigenvalue weighted by molar-refractivity contribution is 7.99. The van der Waals surface area contributed by atoms with Crippen molar-refractivity contribution < 1.29 is 4.79 Å². The fraction of sp³-hybridized carbons (Fsp3) is 0.130. The number of hydrogen-bond acceptors (Lipinski definition) is 3. The van der Waals surface area contributed by atoms with Gasteiger partial charge >= 0.3 is 0 Å². The number of halogens is 1. The Morgan fingerprint density at radius 3 is 2.48 bits per heavy atom. The molecule has 3 aromatic rings. The zero-order valence-corrected chi connectivity index (χ0v) is 18.3. The third kappa shape index (κ3) is 6.32. The minimum Gasteiger partial charge on any atom is -0.362 e. The van der Waals surface area contributed by atoms with E-state index in [9.17, 15) is 4.79 Å². The summed E-state index contributed by atoms with van der Waals surface area (Å²) in [5.41, 5.74) is 2.97. The van der Waals surface area contributed by atoms with E-state index in [0.29, 0.717) is 33.5 Å². The highest BCUT2D eigenvalue weighted by Gasteiger charge is 2.15. The van der Waals surface area contributed by atoms with E-state index in [1.165, 1.54) is 10.5 Å². The van der Waals surface area contributed by atoms with Crippen molar-refractivity contribution in [2.45, 2.75) is 11.8 Å². The molecule has 0 aliphatic rings. The van der Waals surface area contributed by atoms with E-state index >= 15 is 0 Å². The summed E-state index contributed by atoms with van der Waals surface area (Å²) in [6.45, 7) is 2.79. The fourth-order valence-electron chi connectivity index (χ4n) is 2.69. The van der Waals surface area contributed by atoms with Crippen molar-refractivity contribution in [1.29, 1.82) is 0 Å². The number of thioether (sulfide) groups is 1. The molecule has 0 saturated heterocycles. The quantitative estimate of drug-likeness (QED) is 0.205. The lowest BCUT2D eigenvalue weighted by Gasteiger charge is -2.14. The van der Waals surface area contributed by atoms with Gasteiger partial charge in [-0.15, -0.1) is 11.8 Å². The van der Waals surface area contributed by atoms with Crippen LogP contribution in [0, 0.1) is 6.92 Å². The number of carbonyl (C=O) groups is 1. The average Bonchev–Trinajstić information content (AvgIpc) is 2.74. The van der Waals surface area contributed by atoms with Crippen molar-refractivity contribution in [3.8, 4) is 0 Å². The van der Waals surface area contributed by atoms with Crippen LogP contribution in [0.15, 0.2) is 77.7 Å². The first-order chi connectivity index (χ1) is 14.0. The topological polar surface area (TPSA) is 41.1 Å². The van der Waals surface area contributed by atoms with Gasteiger partial charge in [-0.25, -0.2) is 0 Å². The SMILES string of the molecule is Cc1ccc(SCCNC(=S)Nc2ccc(Cl)cc2C(=O)c2ccccc2)cc1. The molecule has 3 nitrogen and oxygen atoms in total. The average molecular weight is 441 g/mol. The van der Waals surface area contributed by atoms with Gasteiger partial charge in [-0.05, 0) is 49.5 Å². The Balaban J connectivity index is 1.58. The zero-order valence-electron chi connectivity index (χ0n) is 15.9. The Hall–Kier alpha value is -2.34. The summed E-state index contributed by atoms with van der Waals surface area (Å²) in [6.07, 6.45) is 0. The second-order valence-electron chi connectivity index (χ2n) is 6.43. The lowest BCUT2D eigenvalue weighted by molar-refractivity contribution is 0.103. The van der Waals surface area contributed by atoms with Gasteiger partial charge in [-0.1, -0.05) is 59.6 Å². The van der Waals surface area contributed by atoms with Gasteiger partial charge in [0.25, 0.3) is 0 Å². The smallest absolute Gasteiger partial charge is 0.195 e. The highest BCUT2D eigenvalue weighted by atomic mass is 35.5. The standard InChI is InChI=1S/C23H21ClN2OS2/c1-16-7-10-19(11-8-16)29-14-13-25-23(28)26-21-12-9-18(24)15-20(21)22(27)17-5-3-2-4-6-17/h2-12,15H,13-14H2,1H3,(H2,25,26,28). The number of thiocarbonyl (C=S) groups is 1. The third-order valence-corrected chi connectivity index (χ3v) is 5.68. The van der Waals surface area contributed by atoms with Crippen LogP contribution in [0.25, 0.3) is 0 Å². The first kappa shape index (κ1) is 21.4. The second kappa shape index (κ2) is 10.4. The zero-order chi connectivity index (χ0) is 20.6. The van der Waals surface area contributed by atoms with Crippen molar-refractivity contribution in [2.75, 3.05) is 17.6 Å². The molecule has 0 atom stereocenters. The monoisotopic (exact) mass is 440 g/mol. The summed E-state index contributed by atoms with van der Waals surface area (Å²) >= 11 is 13.3. The van der Waals surface area contributed by atoms with Crippen LogP contribution in [0.5, 0.6) is 0 Å². The van der Waals surface area contributed by atoms with Gasteiger partial charge in [0.2, 0.25) is 0 Å². The molecule has 0 aliphatic heterocycles. The van der Waals surface area contributed by atoms with E-state index < -0.39 is 0 Å². The van der Waals surface area contributed by atoms with E-state index in [2.05, 4.69) is 41.8 Å². The maximum Gasteiger partial charge on any atom is 0.195 e. The van der Waals surface area contributed by atoms with Crippen LogP contribution in [0.4, 0.5) is 5.69 Å². The number of hydrogen-bond donors (Lipinski definition) is 2. The first-order valence-corrected chi connectivity index (χ1v) is 10.9. The van der Waals surface area contributed by atoms with Crippen LogP contribution in [0.3, 0.4) is 0 Å². The predicted molar refractivity (Wildman–Crippen MR) is 127 cm³/mol. The van der Waals surface area contributed by atoms with Gasteiger partial charge in [-0.2, -0.15) is 0 Å². The highest BCUT2D eigenvalue weighted by Crippen LogP contribution is 2.24. The molecule has 0 fully saturated rings. The molecule has 2 N–H and O–H groups in total. The Labute approximate surface area is 185 Å². The van der Waals surface area contributed by atoms with E-state index in [4.69, 9.17) is 23.8 Å². The number of nitrogens with one attached hydrogen (secondary N) is 2. The van der Waals surface area contributed by atoms with Crippen LogP contribution in [0.1, 0.15) is 21.5 Å². The molecule has 0 unspecified atom stereocenters. The fourth-order valence-corrected chi connectivity index (χ4v) is 3.85. The van der Waals surface area contributed by atoms with E-state index in [-0.39, 0.29) is 5.78 Å². The van der Waals surface area contributed by atoms with Crippen LogP contribution < -0.4 is 10.6 Å². The molecule has 0 spiro atoms. The minimum atomic E-state index is -0.103. The Morgan fingerprint density at radius 2 is 1.76 bits per heavy atom. The number of aryl methyl sites for hydroxylation is 1. The van der Waals surface area contributed by atoms with Crippen LogP contribution in [-0.4, -0.2) is 23.2 Å². The number of rotatable bonds is 7. The largest absolute Gasteiger partial charge is 0.362 e. The van der Waals surface area contributed by atoms with Gasteiger partial charge in [0.05, 0.1) is 5.69 Å². The summed E-state index contributed by atoms with van der Waals surface area (Å²) in [6, 6.07) is 22.7. The molecular weight excluding hydrogens is 420 g/mol. The maximum absolute atomic E-state index is 12.9. The minimum absolute atomic E-state index is 0.103. The van der Waals surface area contributed by atoms with Gasteiger partial charge in [0.15, 0.2) is 10.9 Å². The summed E-state index contributed by atoms with van der Waals surface area (Å²) in [4.78, 5) is 14.1. The van der Waals surface area contributed by atoms with Crippen LogP contribution in [-0.2, 0) is 0 Å². The van der Waals surface area contributed by atoms with Crippen molar-refractivity contribution in [3.05, 3.63) is 94.5 Å². The second-order valence-corrected chi connectivity index (χ2v) is 8.44. The molecule has 6 heteroatoms. The molecule has 0 aliphatic carbocycles. The molecule has 3 aromatic carbocycles. The van der Waals surface area contributed by atoms with Crippen LogP contribution in [0.2, 0.25) is 5.02 Å². The normalized spacial score (nSPS) is 10.4. The number of benzene rings is 3. The number of carbonyl (C=O) groups excluding carboxylic acids is 1. The molecule has 0 heterocycles. The Kier molecular flexibility index (Phi) is 7.69. The van der Waals surface area contributed by atoms with E-state index in [1.54, 1.807) is 42.1 Å². The maximum atomic E-state index is 12.9. The molecule has 0 bridgehead atoms. The third-order valence-electron chi connectivity index (χ3n) is 4.19. The molecule has 3 rings (SSSR count). The number of anilines is 1. The summed E-state index contributed by atoms with van der Waals surface area (Å²) in [5, 5.41) is 7.29. The van der Waals surface area contributed by atoms with Gasteiger partial charge in [0.1, 0.15) is 0 Å². The summed E-state index contributed by atoms with van der Waals surface area (Å²) < 4.78 is 0. The van der Waals surface area contributed by atoms with Gasteiger partial charge < -0.3 is 10.6 Å². The van der Waals surface area contributed by atoms with Crippen LogP contribution >= 0.6 is 35.6 Å². The lowest BCUT2D eigenvalue weighted by Crippen LogP contribution is -2.30. The van der Waals surface area contributed by atoms with E-state index in [0.717, 1.165) is 5.75 Å². The van der Waals surface area contributed by atoms with E-state index in [1.807, 2.05) is 18.2 Å². The summed E-state index contributed by atoms with van der Waals surface area (Å²) in [5.74, 6) is 0.773. The molecule has 0 aromatic heterocycles. The molecule has 0 radical (unpaired) electrons. The Bertz CT molecular complexity index is 992. The molecule has 0 amide bonds. The van der Waals surface area contributed by atoms with Gasteiger partial charge in [0, 0.05) is 33.3 Å². The number of ketones is 1. The molecule has 29 heavy (non-hydrogen) atoms. The van der Waals surface area contributed by atoms with Crippen molar-refractivity contribution in [3.63, 3.8) is 0 Å². The summed E-state index contributed by atoms with van der Waals surface area (Å²) in [7, 11) is 0. The molecule has 148 valence electrons. The predicted octanol–water partition coefficient (Wildman–Crippen LogP) is 5.96. The van der Waals surface area contributed by atoms with Crippen molar-refractivity contribution >= 4 is 52.2 Å². The molecular formula is C23H21ClN2OS2. The first-order valence-electron chi connectivity index (χ1n) is 9.16. The van der Waals surface area contributed by atoms with Gasteiger partial charge in [-0.3, -0.25) is 4.79 Å². The van der Waals surface area contributed by atoms with Crippen molar-refractivity contribution in [1.82, 2.24) is 5.32 Å². The lowest BCUT2D eigenvalue weighted by atomic mass is 10.0. The molecule has 0 saturated carbocycles. The Morgan fingerprint density at radius 1 is 1.03 bits per heavy atom. The van der Waals surface area contributed by atoms with Crippen molar-refractivity contribution in [2.24, 2.45) is 0 Å².